The summed E-state index contributed by atoms with van der Waals surface area (Å²) in [6, 6.07) is 18.1. The van der Waals surface area contributed by atoms with Crippen molar-refractivity contribution in [2.75, 3.05) is 5.32 Å². The van der Waals surface area contributed by atoms with Crippen LogP contribution in [0.15, 0.2) is 59.5 Å². The molecule has 0 bridgehead atoms. The molecular weight excluding hydrogens is 338 g/mol. The van der Waals surface area contributed by atoms with E-state index in [1.165, 1.54) is 21.8 Å². The molecule has 0 spiro atoms. The molecule has 6 heteroatoms. The second-order valence-corrected chi connectivity index (χ2v) is 7.42. The lowest BCUT2D eigenvalue weighted by Crippen LogP contribution is -2.14. The first-order valence-corrected chi connectivity index (χ1v) is 9.35. The molecule has 1 heterocycles. The minimum absolute atomic E-state index is 0.0720. The monoisotopic (exact) mass is 355 g/mol. The van der Waals surface area contributed by atoms with Crippen LogP contribution in [0.25, 0.3) is 0 Å². The summed E-state index contributed by atoms with van der Waals surface area (Å²) in [6.45, 7) is 2.03. The van der Waals surface area contributed by atoms with E-state index in [0.29, 0.717) is 11.6 Å². The molecule has 24 heavy (non-hydrogen) atoms. The number of carbonyl (C=O) groups is 1. The number of nitrogens with zero attached hydrogens (tertiary/aromatic N) is 2. The number of hydrogen-bond acceptors (Lipinski definition) is 5. The van der Waals surface area contributed by atoms with E-state index >= 15 is 0 Å². The number of thioether (sulfide) groups is 1. The Hall–Kier alpha value is -2.18. The minimum atomic E-state index is -0.0720. The molecule has 0 aliphatic heterocycles. The van der Waals surface area contributed by atoms with Gasteiger partial charge in [0.15, 0.2) is 0 Å². The average Bonchev–Trinajstić information content (AvgIpc) is 3.03. The quantitative estimate of drug-likeness (QED) is 0.669. The summed E-state index contributed by atoms with van der Waals surface area (Å²) in [5.41, 5.74) is 2.17. The highest BCUT2D eigenvalue weighted by Crippen LogP contribution is 2.25. The number of aryl methyl sites for hydroxylation is 1. The maximum atomic E-state index is 12.1. The number of aromatic nitrogens is 2. The van der Waals surface area contributed by atoms with Gasteiger partial charge in [-0.05, 0) is 24.6 Å². The lowest BCUT2D eigenvalue weighted by molar-refractivity contribution is -0.115. The highest BCUT2D eigenvalue weighted by Gasteiger charge is 2.09. The second-order valence-electron chi connectivity index (χ2n) is 5.31. The molecule has 0 fully saturated rings. The van der Waals surface area contributed by atoms with Crippen LogP contribution in [0.3, 0.4) is 0 Å². The van der Waals surface area contributed by atoms with Gasteiger partial charge in [0, 0.05) is 4.90 Å². The van der Waals surface area contributed by atoms with E-state index in [4.69, 9.17) is 0 Å². The summed E-state index contributed by atoms with van der Waals surface area (Å²) in [7, 11) is 0. The molecule has 0 radical (unpaired) electrons. The molecule has 0 saturated heterocycles. The lowest BCUT2D eigenvalue weighted by atomic mass is 10.1. The van der Waals surface area contributed by atoms with Crippen molar-refractivity contribution in [1.82, 2.24) is 10.2 Å². The predicted molar refractivity (Wildman–Crippen MR) is 99.4 cm³/mol. The zero-order valence-corrected chi connectivity index (χ0v) is 14.9. The molecule has 1 amide bonds. The van der Waals surface area contributed by atoms with Gasteiger partial charge in [-0.15, -0.1) is 22.0 Å². The van der Waals surface area contributed by atoms with Crippen LogP contribution in [0, 0.1) is 6.92 Å². The Morgan fingerprint density at radius 2 is 1.83 bits per heavy atom. The highest BCUT2D eigenvalue weighted by atomic mass is 32.2. The van der Waals surface area contributed by atoms with Gasteiger partial charge in [0.1, 0.15) is 5.01 Å². The molecule has 1 aromatic heterocycles. The van der Waals surface area contributed by atoms with E-state index in [1.54, 1.807) is 11.8 Å². The Morgan fingerprint density at radius 3 is 2.58 bits per heavy atom. The van der Waals surface area contributed by atoms with Crippen molar-refractivity contribution in [2.45, 2.75) is 24.0 Å². The number of rotatable bonds is 6. The van der Waals surface area contributed by atoms with E-state index in [-0.39, 0.29) is 5.91 Å². The molecule has 2 aromatic carbocycles. The van der Waals surface area contributed by atoms with Crippen molar-refractivity contribution < 1.29 is 4.79 Å². The molecule has 0 atom stereocenters. The Labute approximate surface area is 149 Å². The second kappa shape index (κ2) is 8.08. The topological polar surface area (TPSA) is 54.9 Å². The number of nitrogens with one attached hydrogen (secondary N) is 1. The van der Waals surface area contributed by atoms with Crippen molar-refractivity contribution in [2.24, 2.45) is 0 Å². The van der Waals surface area contributed by atoms with Crippen molar-refractivity contribution in [3.05, 3.63) is 70.7 Å². The van der Waals surface area contributed by atoms with Crippen LogP contribution in [-0.2, 0) is 17.0 Å². The van der Waals surface area contributed by atoms with Crippen LogP contribution in [0.2, 0.25) is 0 Å². The van der Waals surface area contributed by atoms with Gasteiger partial charge >= 0.3 is 0 Å². The molecule has 0 aliphatic rings. The summed E-state index contributed by atoms with van der Waals surface area (Å²) < 4.78 is 0. The number of amides is 1. The fraction of sp³-hybridized carbons (Fsp3) is 0.167. The van der Waals surface area contributed by atoms with Gasteiger partial charge < -0.3 is 5.32 Å². The van der Waals surface area contributed by atoms with Gasteiger partial charge in [-0.2, -0.15) is 0 Å². The fourth-order valence-electron chi connectivity index (χ4n) is 2.08. The zero-order valence-electron chi connectivity index (χ0n) is 13.2. The van der Waals surface area contributed by atoms with Gasteiger partial charge in [-0.25, -0.2) is 0 Å². The van der Waals surface area contributed by atoms with Crippen molar-refractivity contribution in [3.8, 4) is 0 Å². The highest BCUT2D eigenvalue weighted by molar-refractivity contribution is 7.98. The summed E-state index contributed by atoms with van der Waals surface area (Å²) in [6.07, 6.45) is 0.341. The molecule has 0 aliphatic carbocycles. The van der Waals surface area contributed by atoms with Crippen molar-refractivity contribution >= 4 is 34.1 Å². The first kappa shape index (κ1) is 16.7. The molecule has 3 aromatic rings. The maximum absolute atomic E-state index is 12.1. The third-order valence-electron chi connectivity index (χ3n) is 3.30. The summed E-state index contributed by atoms with van der Waals surface area (Å²) in [5.74, 6) is 0.674. The van der Waals surface area contributed by atoms with E-state index in [2.05, 4.69) is 27.6 Å². The third-order valence-corrected chi connectivity index (χ3v) is 5.35. The summed E-state index contributed by atoms with van der Waals surface area (Å²) >= 11 is 3.12. The molecule has 3 rings (SSSR count). The van der Waals surface area contributed by atoms with Crippen LogP contribution in [-0.4, -0.2) is 16.1 Å². The Balaban J connectivity index is 1.51. The maximum Gasteiger partial charge on any atom is 0.230 e. The first-order chi connectivity index (χ1) is 11.7. The van der Waals surface area contributed by atoms with E-state index in [0.717, 1.165) is 16.3 Å². The van der Waals surface area contributed by atoms with Crippen LogP contribution < -0.4 is 5.32 Å². The van der Waals surface area contributed by atoms with Crippen molar-refractivity contribution in [1.29, 1.82) is 0 Å². The average molecular weight is 355 g/mol. The van der Waals surface area contributed by atoms with Gasteiger partial charge in [0.2, 0.25) is 11.0 Å². The number of carbonyl (C=O) groups excluding carboxylic acids is 1. The predicted octanol–water partition coefficient (Wildman–Crippen LogP) is 4.32. The van der Waals surface area contributed by atoms with E-state index in [9.17, 15) is 4.79 Å². The van der Waals surface area contributed by atoms with Gasteiger partial charge in [0.25, 0.3) is 0 Å². The molecule has 4 nitrogen and oxygen atoms in total. The van der Waals surface area contributed by atoms with E-state index < -0.39 is 0 Å². The van der Waals surface area contributed by atoms with Crippen molar-refractivity contribution in [3.63, 3.8) is 0 Å². The number of hydrogen-bond donors (Lipinski definition) is 1. The number of benzene rings is 2. The molecule has 122 valence electrons. The standard InChI is InChI=1S/C18H17N3OS2/c1-13-7-9-14(10-8-13)11-16(22)19-18-21-20-17(24-18)12-23-15-5-3-2-4-6-15/h2-10H,11-12H2,1H3,(H,19,21,22). The SMILES string of the molecule is Cc1ccc(CC(=O)Nc2nnc(CSc3ccccc3)s2)cc1. The van der Waals surface area contributed by atoms with Gasteiger partial charge in [-0.1, -0.05) is 59.4 Å². The molecule has 1 N–H and O–H groups in total. The lowest BCUT2D eigenvalue weighted by Gasteiger charge is -2.02. The fourth-order valence-corrected chi connectivity index (χ4v) is 3.74. The van der Waals surface area contributed by atoms with Crippen LogP contribution in [0.5, 0.6) is 0 Å². The van der Waals surface area contributed by atoms with Gasteiger partial charge in [-0.3, -0.25) is 4.79 Å². The van der Waals surface area contributed by atoms with Crippen LogP contribution in [0.4, 0.5) is 5.13 Å². The Kier molecular flexibility index (Phi) is 5.61. The first-order valence-electron chi connectivity index (χ1n) is 7.55. The molecular formula is C18H17N3OS2. The van der Waals surface area contributed by atoms with Gasteiger partial charge in [0.05, 0.1) is 12.2 Å². The minimum Gasteiger partial charge on any atom is -0.300 e. The van der Waals surface area contributed by atoms with Crippen LogP contribution >= 0.6 is 23.1 Å². The summed E-state index contributed by atoms with van der Waals surface area (Å²) in [5, 5.41) is 12.5. The van der Waals surface area contributed by atoms with E-state index in [1.807, 2.05) is 49.4 Å². The molecule has 0 unspecified atom stereocenters. The third kappa shape index (κ3) is 4.91. The normalized spacial score (nSPS) is 10.5. The Morgan fingerprint density at radius 1 is 1.08 bits per heavy atom. The Bertz CT molecular complexity index is 801. The number of anilines is 1. The smallest absolute Gasteiger partial charge is 0.230 e. The molecule has 0 saturated carbocycles. The van der Waals surface area contributed by atoms with Crippen LogP contribution in [0.1, 0.15) is 16.1 Å². The summed E-state index contributed by atoms with van der Waals surface area (Å²) in [4.78, 5) is 13.3. The zero-order chi connectivity index (χ0) is 16.8. The largest absolute Gasteiger partial charge is 0.300 e.